The highest BCUT2D eigenvalue weighted by Gasteiger charge is 2.51. The second kappa shape index (κ2) is 25.9. The van der Waals surface area contributed by atoms with Crippen molar-refractivity contribution in [2.24, 2.45) is 41.4 Å². The molecule has 2 saturated carbocycles. The Bertz CT molecular complexity index is 1540. The first-order valence-electron chi connectivity index (χ1n) is 22.9. The van der Waals surface area contributed by atoms with Crippen LogP contribution in [0.2, 0.25) is 0 Å². The second-order valence-electron chi connectivity index (χ2n) is 18.5. The Morgan fingerprint density at radius 3 is 2.25 bits per heavy atom. The molecule has 0 aromatic rings. The fourth-order valence-electron chi connectivity index (χ4n) is 9.30. The van der Waals surface area contributed by atoms with Crippen LogP contribution in [0.1, 0.15) is 151 Å². The standard InChI is InChI=1S/C50H78O10/c1-33(16-10-9-11-17-34(2)38(6)58-7)28-36(4)46(53)32-45(52)35(3)23-26-41(51)29-40(25-24-39-19-14-20-42(30-39)59-8)31-47(54)43-21-12-13-22-44(43)48(55)49(56)50(57)37(5)18-15-27-60-50/h9-11,16-17,23,33,36-40,42-45,52,57H,12-15,18-22,24-32H2,1-8H3/b11-9+,16-10+,34-17+,35-23+/t33-,36-,37-,38+,39+,40-,42+,43-,44?,45?,50?/m1/s1. The van der Waals surface area contributed by atoms with E-state index >= 15 is 0 Å². The SMILES string of the molecule is CO[C@H]1CCC[C@@H](CC[C@H](CC(=O)C/C=C(\C)C(O)CC(=O)[C@H](C)C[C@H](C)/C=C/C=C/C=C(\C)[C@H](C)OC)CC(=O)[C@@H]2CCCCC2C(=O)C(=O)C2(O)OCCC[C@H]2C)C1. The zero-order chi connectivity index (χ0) is 44.4. The van der Waals surface area contributed by atoms with Crippen molar-refractivity contribution in [1.29, 1.82) is 0 Å². The summed E-state index contributed by atoms with van der Waals surface area (Å²) in [5.74, 6) is -5.84. The van der Waals surface area contributed by atoms with Crippen LogP contribution in [-0.2, 0) is 38.2 Å². The number of carbonyl (C=O) groups is 5. The monoisotopic (exact) mass is 839 g/mol. The summed E-state index contributed by atoms with van der Waals surface area (Å²) in [4.78, 5) is 67.9. The summed E-state index contributed by atoms with van der Waals surface area (Å²) >= 11 is 0. The summed E-state index contributed by atoms with van der Waals surface area (Å²) in [6.45, 7) is 11.6. The molecule has 0 aromatic heterocycles. The lowest BCUT2D eigenvalue weighted by Crippen LogP contribution is -2.55. The molecule has 0 bridgehead atoms. The normalized spacial score (nSPS) is 28.3. The van der Waals surface area contributed by atoms with Crippen LogP contribution in [0.25, 0.3) is 0 Å². The van der Waals surface area contributed by atoms with Crippen molar-refractivity contribution >= 4 is 28.9 Å². The van der Waals surface area contributed by atoms with E-state index in [9.17, 15) is 34.2 Å². The lowest BCUT2D eigenvalue weighted by molar-refractivity contribution is -0.239. The Balaban J connectivity index is 1.61. The number of Topliss-reactive ketones (excluding diaryl/α,β-unsaturated/α-hetero) is 5. The topological polar surface area (TPSA) is 153 Å². The average molecular weight is 839 g/mol. The largest absolute Gasteiger partial charge is 0.388 e. The van der Waals surface area contributed by atoms with Gasteiger partial charge in [0.2, 0.25) is 11.6 Å². The number of aliphatic hydroxyl groups is 2. The van der Waals surface area contributed by atoms with Gasteiger partial charge in [-0.3, -0.25) is 24.0 Å². The van der Waals surface area contributed by atoms with Crippen LogP contribution in [0.4, 0.5) is 0 Å². The first kappa shape index (κ1) is 51.5. The van der Waals surface area contributed by atoms with E-state index in [0.29, 0.717) is 50.0 Å². The summed E-state index contributed by atoms with van der Waals surface area (Å²) < 4.78 is 16.5. The van der Waals surface area contributed by atoms with E-state index in [4.69, 9.17) is 14.2 Å². The maximum absolute atomic E-state index is 14.1. The molecule has 1 aliphatic heterocycles. The van der Waals surface area contributed by atoms with Crippen LogP contribution in [0.3, 0.4) is 0 Å². The van der Waals surface area contributed by atoms with Crippen LogP contribution >= 0.6 is 0 Å². The van der Waals surface area contributed by atoms with E-state index in [-0.39, 0.29) is 79.6 Å². The molecule has 11 atom stereocenters. The van der Waals surface area contributed by atoms with Gasteiger partial charge in [0.25, 0.3) is 5.78 Å². The Hall–Kier alpha value is -2.89. The number of ketones is 5. The minimum Gasteiger partial charge on any atom is -0.388 e. The molecule has 10 nitrogen and oxygen atoms in total. The summed E-state index contributed by atoms with van der Waals surface area (Å²) in [6, 6.07) is 0. The van der Waals surface area contributed by atoms with Gasteiger partial charge >= 0.3 is 0 Å². The van der Waals surface area contributed by atoms with E-state index in [1.165, 1.54) is 0 Å². The van der Waals surface area contributed by atoms with E-state index in [2.05, 4.69) is 13.0 Å². The van der Waals surface area contributed by atoms with E-state index in [0.717, 1.165) is 50.5 Å². The van der Waals surface area contributed by atoms with Gasteiger partial charge in [-0.2, -0.15) is 0 Å². The maximum Gasteiger partial charge on any atom is 0.257 e. The number of hydrogen-bond acceptors (Lipinski definition) is 10. The summed E-state index contributed by atoms with van der Waals surface area (Å²) in [5.41, 5.74) is 1.70. The molecule has 60 heavy (non-hydrogen) atoms. The van der Waals surface area contributed by atoms with E-state index < -0.39 is 41.2 Å². The Kier molecular flexibility index (Phi) is 22.2. The van der Waals surface area contributed by atoms with Gasteiger partial charge in [0, 0.05) is 63.6 Å². The minimum absolute atomic E-state index is 0.0248. The minimum atomic E-state index is -2.16. The van der Waals surface area contributed by atoms with Gasteiger partial charge in [-0.1, -0.05) is 89.3 Å². The van der Waals surface area contributed by atoms with Crippen LogP contribution in [0.15, 0.2) is 47.6 Å². The van der Waals surface area contributed by atoms with Crippen LogP contribution in [-0.4, -0.2) is 84.1 Å². The molecule has 1 heterocycles. The predicted molar refractivity (Wildman–Crippen MR) is 235 cm³/mol. The molecular formula is C50H78O10. The number of rotatable bonds is 25. The highest BCUT2D eigenvalue weighted by molar-refractivity contribution is 6.41. The Labute approximate surface area is 361 Å². The first-order valence-corrected chi connectivity index (χ1v) is 22.9. The third-order valence-electron chi connectivity index (χ3n) is 13.8. The van der Waals surface area contributed by atoms with Gasteiger partial charge in [-0.05, 0) is 101 Å². The molecule has 3 rings (SSSR count). The van der Waals surface area contributed by atoms with Crippen LogP contribution < -0.4 is 0 Å². The third-order valence-corrected chi connectivity index (χ3v) is 13.8. The molecule has 0 amide bonds. The van der Waals surface area contributed by atoms with Crippen molar-refractivity contribution in [3.63, 3.8) is 0 Å². The van der Waals surface area contributed by atoms with Gasteiger partial charge in [-0.25, -0.2) is 0 Å². The molecule has 1 saturated heterocycles. The smallest absolute Gasteiger partial charge is 0.257 e. The predicted octanol–water partition coefficient (Wildman–Crippen LogP) is 9.00. The zero-order valence-electron chi connectivity index (χ0n) is 38.1. The Morgan fingerprint density at radius 1 is 0.850 bits per heavy atom. The van der Waals surface area contributed by atoms with Crippen molar-refractivity contribution < 1.29 is 48.4 Å². The number of ether oxygens (including phenoxy) is 3. The molecule has 3 aliphatic rings. The third kappa shape index (κ3) is 16.1. The Morgan fingerprint density at radius 2 is 1.57 bits per heavy atom. The number of carbonyl (C=O) groups excluding carboxylic acids is 5. The highest BCUT2D eigenvalue weighted by Crippen LogP contribution is 2.38. The fraction of sp³-hybridized carbons (Fsp3) is 0.740. The van der Waals surface area contributed by atoms with Crippen LogP contribution in [0, 0.1) is 41.4 Å². The van der Waals surface area contributed by atoms with Crippen molar-refractivity contribution in [2.45, 2.75) is 175 Å². The molecule has 0 aromatic carbocycles. The van der Waals surface area contributed by atoms with E-state index in [1.54, 1.807) is 34.1 Å². The number of allylic oxidation sites excluding steroid dienone is 6. The molecule has 2 N–H and O–H groups in total. The number of methoxy groups -OCH3 is 2. The lowest BCUT2D eigenvalue weighted by Gasteiger charge is -2.38. The molecule has 338 valence electrons. The summed E-state index contributed by atoms with van der Waals surface area (Å²) in [6.07, 6.45) is 21.3. The molecular weight excluding hydrogens is 761 g/mol. The highest BCUT2D eigenvalue weighted by atomic mass is 16.6. The molecule has 3 unspecified atom stereocenters. The maximum atomic E-state index is 14.1. The fourth-order valence-corrected chi connectivity index (χ4v) is 9.30. The van der Waals surface area contributed by atoms with Crippen molar-refractivity contribution in [1.82, 2.24) is 0 Å². The van der Waals surface area contributed by atoms with Gasteiger partial charge in [0.1, 0.15) is 17.3 Å². The van der Waals surface area contributed by atoms with Gasteiger partial charge in [0.15, 0.2) is 0 Å². The summed E-state index contributed by atoms with van der Waals surface area (Å²) in [7, 11) is 3.43. The molecule has 2 aliphatic carbocycles. The quantitative estimate of drug-likeness (QED) is 0.0518. The van der Waals surface area contributed by atoms with Gasteiger partial charge in [-0.15, -0.1) is 0 Å². The molecule has 10 heteroatoms. The zero-order valence-corrected chi connectivity index (χ0v) is 38.1. The molecule has 3 fully saturated rings. The van der Waals surface area contributed by atoms with Gasteiger partial charge < -0.3 is 24.4 Å². The van der Waals surface area contributed by atoms with Crippen molar-refractivity contribution in [2.75, 3.05) is 20.8 Å². The van der Waals surface area contributed by atoms with E-state index in [1.807, 2.05) is 45.1 Å². The van der Waals surface area contributed by atoms with Crippen LogP contribution in [0.5, 0.6) is 0 Å². The number of hydrogen-bond donors (Lipinski definition) is 2. The van der Waals surface area contributed by atoms with Gasteiger partial charge in [0.05, 0.1) is 24.9 Å². The second-order valence-corrected chi connectivity index (χ2v) is 18.5. The summed E-state index contributed by atoms with van der Waals surface area (Å²) in [5, 5.41) is 22.1. The average Bonchev–Trinajstić information content (AvgIpc) is 3.24. The molecule has 0 radical (unpaired) electrons. The molecule has 0 spiro atoms. The van der Waals surface area contributed by atoms with Crippen molar-refractivity contribution in [3.05, 3.63) is 47.6 Å². The van der Waals surface area contributed by atoms with Crippen molar-refractivity contribution in [3.8, 4) is 0 Å². The number of aliphatic hydroxyl groups excluding tert-OH is 1. The lowest BCUT2D eigenvalue weighted by atomic mass is 9.70. The first-order chi connectivity index (χ1) is 28.5.